The second-order valence-corrected chi connectivity index (χ2v) is 5.15. The molecule has 1 fully saturated rings. The molecule has 5 heteroatoms. The zero-order valence-corrected chi connectivity index (χ0v) is 10.5. The van der Waals surface area contributed by atoms with Crippen molar-refractivity contribution in [1.29, 1.82) is 0 Å². The molecule has 0 aromatic heterocycles. The first-order chi connectivity index (χ1) is 7.72. The Hall–Kier alpha value is -0.710. The molecule has 0 aliphatic carbocycles. The maximum absolute atomic E-state index is 11.4. The van der Waals surface area contributed by atoms with Crippen LogP contribution >= 0.6 is 11.8 Å². The number of carbonyl (C=O) groups is 2. The van der Waals surface area contributed by atoms with Gasteiger partial charge in [-0.1, -0.05) is 0 Å². The number of carbonyl (C=O) groups excluding carboxylic acids is 2. The summed E-state index contributed by atoms with van der Waals surface area (Å²) in [5, 5.41) is 3.42. The molecule has 0 bridgehead atoms. The Bertz CT molecular complexity index is 239. The summed E-state index contributed by atoms with van der Waals surface area (Å²) in [6.45, 7) is 2.86. The highest BCUT2D eigenvalue weighted by molar-refractivity contribution is 8.00. The predicted molar refractivity (Wildman–Crippen MR) is 64.4 cm³/mol. The summed E-state index contributed by atoms with van der Waals surface area (Å²) in [5.41, 5.74) is 0. The Morgan fingerprint density at radius 3 is 2.88 bits per heavy atom. The smallest absolute Gasteiger partial charge is 0.306 e. The van der Waals surface area contributed by atoms with Crippen molar-refractivity contribution in [2.45, 2.75) is 37.9 Å². The predicted octanol–water partition coefficient (Wildman–Crippen LogP) is 1.34. The molecule has 1 rings (SSSR count). The molecule has 16 heavy (non-hydrogen) atoms. The molecule has 4 nitrogen and oxygen atoms in total. The molecule has 0 spiro atoms. The number of hydrogen-bond acceptors (Lipinski definition) is 4. The summed E-state index contributed by atoms with van der Waals surface area (Å²) in [7, 11) is 0. The van der Waals surface area contributed by atoms with Crippen molar-refractivity contribution in [3.8, 4) is 0 Å². The van der Waals surface area contributed by atoms with E-state index in [1.807, 2.05) is 11.8 Å². The maximum Gasteiger partial charge on any atom is 0.306 e. The average Bonchev–Trinajstić information content (AvgIpc) is 2.77. The third kappa shape index (κ3) is 5.39. The molecule has 1 N–H and O–H groups in total. The van der Waals surface area contributed by atoms with Crippen LogP contribution in [0.1, 0.15) is 32.6 Å². The van der Waals surface area contributed by atoms with Gasteiger partial charge in [0.15, 0.2) is 0 Å². The van der Waals surface area contributed by atoms with Crippen molar-refractivity contribution < 1.29 is 14.3 Å². The number of ether oxygens (including phenoxy) is 1. The van der Waals surface area contributed by atoms with E-state index in [2.05, 4.69) is 5.32 Å². The lowest BCUT2D eigenvalue weighted by atomic mass is 10.2. The first kappa shape index (κ1) is 13.4. The van der Waals surface area contributed by atoms with Gasteiger partial charge < -0.3 is 10.1 Å². The maximum atomic E-state index is 11.4. The number of esters is 1. The van der Waals surface area contributed by atoms with Crippen LogP contribution in [0.3, 0.4) is 0 Å². The highest BCUT2D eigenvalue weighted by Gasteiger charge is 2.16. The average molecular weight is 245 g/mol. The van der Waals surface area contributed by atoms with Crippen molar-refractivity contribution in [1.82, 2.24) is 5.32 Å². The van der Waals surface area contributed by atoms with Crippen molar-refractivity contribution in [3.05, 3.63) is 0 Å². The molecule has 1 atom stereocenters. The van der Waals surface area contributed by atoms with Crippen molar-refractivity contribution >= 4 is 23.6 Å². The van der Waals surface area contributed by atoms with Gasteiger partial charge in [-0.3, -0.25) is 9.59 Å². The van der Waals surface area contributed by atoms with E-state index in [1.54, 1.807) is 6.92 Å². The lowest BCUT2D eigenvalue weighted by molar-refractivity contribution is -0.144. The van der Waals surface area contributed by atoms with Gasteiger partial charge in [0.05, 0.1) is 13.0 Å². The zero-order chi connectivity index (χ0) is 11.8. The number of amides is 1. The molecule has 0 aromatic carbocycles. The first-order valence-corrected chi connectivity index (χ1v) is 6.81. The van der Waals surface area contributed by atoms with Crippen LogP contribution in [0, 0.1) is 0 Å². The van der Waals surface area contributed by atoms with Gasteiger partial charge in [0.1, 0.15) is 0 Å². The van der Waals surface area contributed by atoms with Crippen LogP contribution in [-0.4, -0.2) is 36.0 Å². The van der Waals surface area contributed by atoms with E-state index in [-0.39, 0.29) is 24.7 Å². The van der Waals surface area contributed by atoms with Gasteiger partial charge in [-0.2, -0.15) is 11.8 Å². The van der Waals surface area contributed by atoms with E-state index >= 15 is 0 Å². The molecule has 1 saturated heterocycles. The monoisotopic (exact) mass is 245 g/mol. The van der Waals surface area contributed by atoms with Crippen LogP contribution in [0.5, 0.6) is 0 Å². The van der Waals surface area contributed by atoms with E-state index < -0.39 is 0 Å². The standard InChI is InChI=1S/C11H19NO3S/c1-2-15-11(14)6-5-10(13)12-8-9-4-3-7-16-9/h9H,2-8H2,1H3,(H,12,13). The third-order valence-corrected chi connectivity index (χ3v) is 3.81. The third-order valence-electron chi connectivity index (χ3n) is 2.41. The molecule has 92 valence electrons. The molecule has 0 saturated carbocycles. The van der Waals surface area contributed by atoms with Crippen LogP contribution in [0.25, 0.3) is 0 Å². The summed E-state index contributed by atoms with van der Waals surface area (Å²) >= 11 is 1.91. The van der Waals surface area contributed by atoms with Gasteiger partial charge in [-0.25, -0.2) is 0 Å². The van der Waals surface area contributed by atoms with E-state index in [0.29, 0.717) is 11.9 Å². The number of thioether (sulfide) groups is 1. The summed E-state index contributed by atoms with van der Waals surface area (Å²) in [6.07, 6.45) is 2.84. The highest BCUT2D eigenvalue weighted by atomic mass is 32.2. The summed E-state index contributed by atoms with van der Waals surface area (Å²) in [5.74, 6) is 0.844. The Labute approximate surface area is 100 Å². The van der Waals surface area contributed by atoms with Crippen LogP contribution in [-0.2, 0) is 14.3 Å². The Morgan fingerprint density at radius 1 is 1.44 bits per heavy atom. The summed E-state index contributed by atoms with van der Waals surface area (Å²) in [6, 6.07) is 0. The fourth-order valence-corrected chi connectivity index (χ4v) is 2.77. The van der Waals surface area contributed by atoms with Crippen LogP contribution in [0.4, 0.5) is 0 Å². The lowest BCUT2D eigenvalue weighted by Crippen LogP contribution is -2.30. The minimum absolute atomic E-state index is 0.0550. The van der Waals surface area contributed by atoms with E-state index in [0.717, 1.165) is 6.54 Å². The minimum atomic E-state index is -0.298. The van der Waals surface area contributed by atoms with E-state index in [9.17, 15) is 9.59 Å². The molecule has 1 aliphatic rings. The molecular weight excluding hydrogens is 226 g/mol. The summed E-state index contributed by atoms with van der Waals surface area (Å²) in [4.78, 5) is 22.4. The largest absolute Gasteiger partial charge is 0.466 e. The Morgan fingerprint density at radius 2 is 2.25 bits per heavy atom. The normalized spacial score (nSPS) is 19.4. The SMILES string of the molecule is CCOC(=O)CCC(=O)NCC1CCCS1. The van der Waals surface area contributed by atoms with E-state index in [4.69, 9.17) is 4.74 Å². The molecule has 1 unspecified atom stereocenters. The molecule has 1 heterocycles. The highest BCUT2D eigenvalue weighted by Crippen LogP contribution is 2.25. The number of nitrogens with one attached hydrogen (secondary N) is 1. The first-order valence-electron chi connectivity index (χ1n) is 5.76. The van der Waals surface area contributed by atoms with Gasteiger partial charge in [0, 0.05) is 18.2 Å². The molecule has 1 amide bonds. The zero-order valence-electron chi connectivity index (χ0n) is 9.66. The Balaban J connectivity index is 2.04. The quantitative estimate of drug-likeness (QED) is 0.718. The Kier molecular flexibility index (Phi) is 6.30. The van der Waals surface area contributed by atoms with Gasteiger partial charge in [-0.05, 0) is 25.5 Å². The van der Waals surface area contributed by atoms with Crippen molar-refractivity contribution in [2.75, 3.05) is 18.9 Å². The van der Waals surface area contributed by atoms with Crippen LogP contribution in [0.15, 0.2) is 0 Å². The summed E-state index contributed by atoms with van der Waals surface area (Å²) < 4.78 is 4.75. The van der Waals surface area contributed by atoms with Gasteiger partial charge in [0.25, 0.3) is 0 Å². The van der Waals surface area contributed by atoms with Gasteiger partial charge >= 0.3 is 5.97 Å². The van der Waals surface area contributed by atoms with Gasteiger partial charge in [-0.15, -0.1) is 0 Å². The minimum Gasteiger partial charge on any atom is -0.466 e. The van der Waals surface area contributed by atoms with Crippen LogP contribution < -0.4 is 5.32 Å². The topological polar surface area (TPSA) is 55.4 Å². The van der Waals surface area contributed by atoms with Crippen molar-refractivity contribution in [2.24, 2.45) is 0 Å². The molecular formula is C11H19NO3S. The second-order valence-electron chi connectivity index (χ2n) is 3.74. The van der Waals surface area contributed by atoms with E-state index in [1.165, 1.54) is 18.6 Å². The number of rotatable bonds is 6. The second kappa shape index (κ2) is 7.54. The fourth-order valence-electron chi connectivity index (χ4n) is 1.57. The van der Waals surface area contributed by atoms with Gasteiger partial charge in [0.2, 0.25) is 5.91 Å². The molecule has 0 radical (unpaired) electrons. The molecule has 1 aliphatic heterocycles. The fraction of sp³-hybridized carbons (Fsp3) is 0.818. The van der Waals surface area contributed by atoms with Crippen molar-refractivity contribution in [3.63, 3.8) is 0 Å². The lowest BCUT2D eigenvalue weighted by Gasteiger charge is -2.09. The number of hydrogen-bond donors (Lipinski definition) is 1. The molecule has 0 aromatic rings. The van der Waals surface area contributed by atoms with Crippen LogP contribution in [0.2, 0.25) is 0 Å².